The third-order valence-corrected chi connectivity index (χ3v) is 4.52. The van der Waals surface area contributed by atoms with Crippen LogP contribution in [0.1, 0.15) is 28.8 Å². The molecule has 2 N–H and O–H groups in total. The third-order valence-electron chi connectivity index (χ3n) is 4.31. The normalized spacial score (nSPS) is 17.8. The van der Waals surface area contributed by atoms with E-state index in [0.717, 1.165) is 42.9 Å². The van der Waals surface area contributed by atoms with Gasteiger partial charge < -0.3 is 10.5 Å². The molecule has 0 aliphatic carbocycles. The van der Waals surface area contributed by atoms with Crippen LogP contribution in [0.4, 0.5) is 0 Å². The molecule has 1 fully saturated rings. The molecule has 0 saturated carbocycles. The Morgan fingerprint density at radius 2 is 2.08 bits per heavy atom. The van der Waals surface area contributed by atoms with Gasteiger partial charge in [0.15, 0.2) is 0 Å². The molecule has 24 heavy (non-hydrogen) atoms. The highest BCUT2D eigenvalue weighted by atomic mass is 32.1. The van der Waals surface area contributed by atoms with Crippen LogP contribution in [0, 0.1) is 13.8 Å². The minimum absolute atomic E-state index is 0.121. The fourth-order valence-electron chi connectivity index (χ4n) is 3.22. The fourth-order valence-corrected chi connectivity index (χ4v) is 3.47. The number of aromatic nitrogens is 1. The molecule has 1 saturated heterocycles. The lowest BCUT2D eigenvalue weighted by Crippen LogP contribution is -2.26. The Bertz CT molecular complexity index is 733. The summed E-state index contributed by atoms with van der Waals surface area (Å²) in [6.45, 7) is 6.81. The Hall–Kier alpha value is -1.98. The van der Waals surface area contributed by atoms with Crippen LogP contribution in [0.15, 0.2) is 36.4 Å². The van der Waals surface area contributed by atoms with E-state index in [1.807, 2.05) is 26.0 Å². The molecule has 1 aliphatic heterocycles. The van der Waals surface area contributed by atoms with E-state index in [-0.39, 0.29) is 6.10 Å². The fraction of sp³-hybridized carbons (Fsp3) is 0.368. The van der Waals surface area contributed by atoms with Gasteiger partial charge in [-0.1, -0.05) is 42.5 Å². The highest BCUT2D eigenvalue weighted by molar-refractivity contribution is 7.80. The number of benzene rings is 1. The van der Waals surface area contributed by atoms with E-state index < -0.39 is 0 Å². The number of hydrogen-bond donors (Lipinski definition) is 1. The van der Waals surface area contributed by atoms with E-state index in [9.17, 15) is 0 Å². The maximum atomic E-state index is 6.18. The van der Waals surface area contributed by atoms with Crippen molar-refractivity contribution >= 4 is 17.2 Å². The van der Waals surface area contributed by atoms with Gasteiger partial charge in [-0.15, -0.1) is 0 Å². The molecule has 0 radical (unpaired) electrons. The molecule has 1 aromatic carbocycles. The van der Waals surface area contributed by atoms with Gasteiger partial charge in [-0.25, -0.2) is 4.98 Å². The summed E-state index contributed by atoms with van der Waals surface area (Å²) in [4.78, 5) is 7.27. The SMILES string of the molecule is Cc1cc(C)c(C(N)=S)c(OC2CCN(Cc3ccccc3)C2)n1. The Morgan fingerprint density at radius 3 is 2.79 bits per heavy atom. The van der Waals surface area contributed by atoms with Gasteiger partial charge in [0.1, 0.15) is 11.1 Å². The van der Waals surface area contributed by atoms with Crippen molar-refractivity contribution in [1.82, 2.24) is 9.88 Å². The van der Waals surface area contributed by atoms with Gasteiger partial charge in [0.05, 0.1) is 5.56 Å². The lowest BCUT2D eigenvalue weighted by molar-refractivity contribution is 0.190. The van der Waals surface area contributed by atoms with E-state index in [0.29, 0.717) is 10.9 Å². The average molecular weight is 341 g/mol. The molecule has 0 bridgehead atoms. The third kappa shape index (κ3) is 3.91. The highest BCUT2D eigenvalue weighted by Crippen LogP contribution is 2.25. The average Bonchev–Trinajstić information content (AvgIpc) is 2.94. The number of nitrogens with two attached hydrogens (primary N) is 1. The quantitative estimate of drug-likeness (QED) is 0.847. The van der Waals surface area contributed by atoms with Crippen molar-refractivity contribution in [1.29, 1.82) is 0 Å². The monoisotopic (exact) mass is 341 g/mol. The van der Waals surface area contributed by atoms with Crippen molar-refractivity contribution in [3.63, 3.8) is 0 Å². The number of pyridine rings is 1. The van der Waals surface area contributed by atoms with Gasteiger partial charge in [0.25, 0.3) is 0 Å². The Kier molecular flexibility index (Phi) is 5.11. The first kappa shape index (κ1) is 16.9. The second-order valence-corrected chi connectivity index (χ2v) is 6.81. The minimum atomic E-state index is 0.121. The summed E-state index contributed by atoms with van der Waals surface area (Å²) in [7, 11) is 0. The van der Waals surface area contributed by atoms with E-state index in [1.165, 1.54) is 5.56 Å². The largest absolute Gasteiger partial charge is 0.472 e. The number of hydrogen-bond acceptors (Lipinski definition) is 4. The molecular formula is C19H23N3OS. The summed E-state index contributed by atoms with van der Waals surface area (Å²) in [5.74, 6) is 0.576. The van der Waals surface area contributed by atoms with Crippen molar-refractivity contribution in [3.8, 4) is 5.88 Å². The summed E-state index contributed by atoms with van der Waals surface area (Å²) in [5, 5.41) is 0. The zero-order valence-electron chi connectivity index (χ0n) is 14.2. The molecule has 2 aromatic rings. The summed E-state index contributed by atoms with van der Waals surface area (Å²) in [6.07, 6.45) is 1.11. The number of thiocarbonyl (C=S) groups is 1. The molecular weight excluding hydrogens is 318 g/mol. The summed E-state index contributed by atoms with van der Waals surface area (Å²) < 4.78 is 6.18. The Balaban J connectivity index is 1.69. The van der Waals surface area contributed by atoms with Crippen molar-refractivity contribution in [2.75, 3.05) is 13.1 Å². The number of rotatable bonds is 5. The molecule has 1 aromatic heterocycles. The second-order valence-electron chi connectivity index (χ2n) is 6.37. The van der Waals surface area contributed by atoms with Gasteiger partial charge in [-0.3, -0.25) is 4.90 Å². The van der Waals surface area contributed by atoms with Crippen LogP contribution in [0.25, 0.3) is 0 Å². The minimum Gasteiger partial charge on any atom is -0.472 e. The molecule has 0 amide bonds. The first-order valence-electron chi connectivity index (χ1n) is 8.24. The molecule has 3 rings (SSSR count). The zero-order valence-corrected chi connectivity index (χ0v) is 15.0. The van der Waals surface area contributed by atoms with Gasteiger partial charge in [-0.2, -0.15) is 0 Å². The first-order valence-corrected chi connectivity index (χ1v) is 8.64. The molecule has 5 heteroatoms. The van der Waals surface area contributed by atoms with Crippen LogP contribution in [0.3, 0.4) is 0 Å². The Labute approximate surface area is 148 Å². The van der Waals surface area contributed by atoms with Crippen molar-refractivity contribution < 1.29 is 4.74 Å². The molecule has 4 nitrogen and oxygen atoms in total. The zero-order chi connectivity index (χ0) is 17.1. The number of likely N-dealkylation sites (tertiary alicyclic amines) is 1. The maximum Gasteiger partial charge on any atom is 0.224 e. The predicted octanol–water partition coefficient (Wildman–Crippen LogP) is 2.99. The number of nitrogens with zero attached hydrogens (tertiary/aromatic N) is 2. The van der Waals surface area contributed by atoms with E-state index in [1.54, 1.807) is 0 Å². The van der Waals surface area contributed by atoms with Crippen molar-refractivity contribution in [2.24, 2.45) is 5.73 Å². The summed E-state index contributed by atoms with van der Waals surface area (Å²) >= 11 is 5.18. The smallest absolute Gasteiger partial charge is 0.224 e. The van der Waals surface area contributed by atoms with Crippen LogP contribution >= 0.6 is 12.2 Å². The Morgan fingerprint density at radius 1 is 1.33 bits per heavy atom. The summed E-state index contributed by atoms with van der Waals surface area (Å²) in [6, 6.07) is 12.5. The molecule has 1 unspecified atom stereocenters. The van der Waals surface area contributed by atoms with E-state index in [4.69, 9.17) is 22.7 Å². The predicted molar refractivity (Wildman–Crippen MR) is 100 cm³/mol. The number of ether oxygens (including phenoxy) is 1. The highest BCUT2D eigenvalue weighted by Gasteiger charge is 2.26. The lowest BCUT2D eigenvalue weighted by Gasteiger charge is -2.19. The van der Waals surface area contributed by atoms with Crippen LogP contribution in [-0.2, 0) is 6.54 Å². The number of aryl methyl sites for hydroxylation is 2. The van der Waals surface area contributed by atoms with Crippen LogP contribution in [0.2, 0.25) is 0 Å². The summed E-state index contributed by atoms with van der Waals surface area (Å²) in [5.41, 5.74) is 9.89. The topological polar surface area (TPSA) is 51.4 Å². The van der Waals surface area contributed by atoms with Gasteiger partial charge in [0.2, 0.25) is 5.88 Å². The van der Waals surface area contributed by atoms with Crippen molar-refractivity contribution in [3.05, 3.63) is 58.8 Å². The standard InChI is InChI=1S/C19H23N3OS/c1-13-10-14(2)21-19(17(13)18(20)24)23-16-8-9-22(12-16)11-15-6-4-3-5-7-15/h3-7,10,16H,8-9,11-12H2,1-2H3,(H2,20,24). The second kappa shape index (κ2) is 7.28. The van der Waals surface area contributed by atoms with Crippen LogP contribution in [-0.4, -0.2) is 34.1 Å². The molecule has 1 aliphatic rings. The molecule has 0 spiro atoms. The van der Waals surface area contributed by atoms with Gasteiger partial charge in [-0.05, 0) is 37.5 Å². The molecule has 2 heterocycles. The van der Waals surface area contributed by atoms with E-state index in [2.05, 4.69) is 34.1 Å². The molecule has 126 valence electrons. The van der Waals surface area contributed by atoms with Crippen LogP contribution < -0.4 is 10.5 Å². The van der Waals surface area contributed by atoms with Crippen molar-refractivity contribution in [2.45, 2.75) is 32.9 Å². The van der Waals surface area contributed by atoms with Crippen LogP contribution in [0.5, 0.6) is 5.88 Å². The van der Waals surface area contributed by atoms with Gasteiger partial charge >= 0.3 is 0 Å². The van der Waals surface area contributed by atoms with Gasteiger partial charge in [0, 0.05) is 25.3 Å². The maximum absolute atomic E-state index is 6.18. The van der Waals surface area contributed by atoms with E-state index >= 15 is 0 Å². The first-order chi connectivity index (χ1) is 11.5. The molecule has 1 atom stereocenters. The lowest BCUT2D eigenvalue weighted by atomic mass is 10.1.